The summed E-state index contributed by atoms with van der Waals surface area (Å²) in [4.78, 5) is 11.7. The van der Waals surface area contributed by atoms with E-state index < -0.39 is 0 Å². The zero-order chi connectivity index (χ0) is 16.4. The molecule has 0 bridgehead atoms. The highest BCUT2D eigenvalue weighted by atomic mass is 35.5. The van der Waals surface area contributed by atoms with Crippen molar-refractivity contribution in [2.45, 2.75) is 13.8 Å². The van der Waals surface area contributed by atoms with Crippen LogP contribution in [-0.4, -0.2) is 12.5 Å². The number of rotatable bonds is 4. The standard InChI is InChI=1S/C15H12ClN3O.C2H6/c16-12-3-7-13(8-4-12)18-10-15(20)19-14-5-1-11(9-17)2-6-14;1-2/h1-8,18H,10H2,(H,19,20);1-2H3. The van der Waals surface area contributed by atoms with Crippen LogP contribution in [0.15, 0.2) is 48.5 Å². The molecule has 0 fully saturated rings. The van der Waals surface area contributed by atoms with Crippen LogP contribution in [0.3, 0.4) is 0 Å². The third-order valence-electron chi connectivity index (χ3n) is 2.60. The second kappa shape index (κ2) is 9.43. The highest BCUT2D eigenvalue weighted by Gasteiger charge is 2.02. The topological polar surface area (TPSA) is 64.9 Å². The lowest BCUT2D eigenvalue weighted by Crippen LogP contribution is -2.21. The van der Waals surface area contributed by atoms with E-state index in [1.807, 2.05) is 19.9 Å². The van der Waals surface area contributed by atoms with E-state index in [2.05, 4.69) is 10.6 Å². The summed E-state index contributed by atoms with van der Waals surface area (Å²) in [6, 6.07) is 15.8. The van der Waals surface area contributed by atoms with Crippen LogP contribution >= 0.6 is 11.6 Å². The fourth-order valence-corrected chi connectivity index (χ4v) is 1.71. The summed E-state index contributed by atoms with van der Waals surface area (Å²) in [5.74, 6) is -0.162. The number of carbonyl (C=O) groups is 1. The molecule has 0 saturated heterocycles. The first-order valence-electron chi connectivity index (χ1n) is 6.97. The average molecular weight is 316 g/mol. The number of amides is 1. The molecule has 5 heteroatoms. The molecule has 0 saturated carbocycles. The van der Waals surface area contributed by atoms with Crippen molar-refractivity contribution in [3.05, 3.63) is 59.1 Å². The Morgan fingerprint density at radius 2 is 1.59 bits per heavy atom. The Morgan fingerprint density at radius 1 is 1.05 bits per heavy atom. The second-order valence-electron chi connectivity index (χ2n) is 4.10. The number of anilines is 2. The number of halogens is 1. The maximum atomic E-state index is 11.7. The molecule has 2 aromatic rings. The SMILES string of the molecule is CC.N#Cc1ccc(NC(=O)CNc2ccc(Cl)cc2)cc1. The smallest absolute Gasteiger partial charge is 0.243 e. The van der Waals surface area contributed by atoms with Gasteiger partial charge in [0.1, 0.15) is 0 Å². The minimum atomic E-state index is -0.162. The van der Waals surface area contributed by atoms with Gasteiger partial charge in [0, 0.05) is 16.4 Å². The third kappa shape index (κ3) is 5.86. The summed E-state index contributed by atoms with van der Waals surface area (Å²) in [6.45, 7) is 4.15. The molecule has 4 nitrogen and oxygen atoms in total. The lowest BCUT2D eigenvalue weighted by Gasteiger charge is -2.08. The van der Waals surface area contributed by atoms with Gasteiger partial charge < -0.3 is 10.6 Å². The molecule has 0 unspecified atom stereocenters. The highest BCUT2D eigenvalue weighted by Crippen LogP contribution is 2.13. The first kappa shape index (κ1) is 17.5. The van der Waals surface area contributed by atoms with Crippen LogP contribution in [0.4, 0.5) is 11.4 Å². The molecule has 0 heterocycles. The maximum absolute atomic E-state index is 11.7. The number of hydrogen-bond donors (Lipinski definition) is 2. The molecule has 1 amide bonds. The molecule has 0 aromatic heterocycles. The van der Waals surface area contributed by atoms with Crippen LogP contribution in [0.25, 0.3) is 0 Å². The summed E-state index contributed by atoms with van der Waals surface area (Å²) in [5, 5.41) is 15.1. The van der Waals surface area contributed by atoms with E-state index in [-0.39, 0.29) is 12.5 Å². The summed E-state index contributed by atoms with van der Waals surface area (Å²) < 4.78 is 0. The summed E-state index contributed by atoms with van der Waals surface area (Å²) in [7, 11) is 0. The second-order valence-corrected chi connectivity index (χ2v) is 4.53. The molecule has 0 aliphatic carbocycles. The Bertz CT molecular complexity index is 630. The van der Waals surface area contributed by atoms with E-state index >= 15 is 0 Å². The van der Waals surface area contributed by atoms with Gasteiger partial charge in [-0.05, 0) is 48.5 Å². The highest BCUT2D eigenvalue weighted by molar-refractivity contribution is 6.30. The maximum Gasteiger partial charge on any atom is 0.243 e. The minimum absolute atomic E-state index is 0.154. The number of nitrogens with one attached hydrogen (secondary N) is 2. The predicted octanol–water partition coefficient (Wildman–Crippen LogP) is 4.29. The molecule has 0 atom stereocenters. The molecule has 22 heavy (non-hydrogen) atoms. The molecule has 0 radical (unpaired) electrons. The average Bonchev–Trinajstić information content (AvgIpc) is 2.57. The Morgan fingerprint density at radius 3 is 2.14 bits per heavy atom. The van der Waals surface area contributed by atoms with Crippen molar-refractivity contribution in [3.8, 4) is 6.07 Å². The zero-order valence-corrected chi connectivity index (χ0v) is 13.3. The number of hydrogen-bond acceptors (Lipinski definition) is 3. The van der Waals surface area contributed by atoms with Crippen molar-refractivity contribution in [1.82, 2.24) is 0 Å². The lowest BCUT2D eigenvalue weighted by atomic mass is 10.2. The molecular weight excluding hydrogens is 298 g/mol. The Labute approximate surface area is 135 Å². The van der Waals surface area contributed by atoms with E-state index in [0.29, 0.717) is 16.3 Å². The van der Waals surface area contributed by atoms with E-state index in [1.165, 1.54) is 0 Å². The van der Waals surface area contributed by atoms with Crippen LogP contribution in [-0.2, 0) is 4.79 Å². The van der Waals surface area contributed by atoms with Crippen LogP contribution < -0.4 is 10.6 Å². The van der Waals surface area contributed by atoms with Gasteiger partial charge in [-0.25, -0.2) is 0 Å². The van der Waals surface area contributed by atoms with Gasteiger partial charge in [-0.3, -0.25) is 4.79 Å². The summed E-state index contributed by atoms with van der Waals surface area (Å²) in [6.07, 6.45) is 0. The summed E-state index contributed by atoms with van der Waals surface area (Å²) >= 11 is 5.78. The fourth-order valence-electron chi connectivity index (χ4n) is 1.58. The zero-order valence-electron chi connectivity index (χ0n) is 12.6. The Hall–Kier alpha value is -2.51. The van der Waals surface area contributed by atoms with Crippen molar-refractivity contribution in [3.63, 3.8) is 0 Å². The summed E-state index contributed by atoms with van der Waals surface area (Å²) in [5.41, 5.74) is 2.04. The van der Waals surface area contributed by atoms with E-state index in [1.54, 1.807) is 48.5 Å². The third-order valence-corrected chi connectivity index (χ3v) is 2.85. The van der Waals surface area contributed by atoms with E-state index in [0.717, 1.165) is 5.69 Å². The van der Waals surface area contributed by atoms with Gasteiger partial charge >= 0.3 is 0 Å². The largest absolute Gasteiger partial charge is 0.376 e. The molecule has 2 N–H and O–H groups in total. The Kier molecular flexibility index (Phi) is 7.52. The normalized spacial score (nSPS) is 9.00. The van der Waals surface area contributed by atoms with Gasteiger partial charge in [0.2, 0.25) is 5.91 Å². The van der Waals surface area contributed by atoms with E-state index in [4.69, 9.17) is 16.9 Å². The number of benzene rings is 2. The monoisotopic (exact) mass is 315 g/mol. The van der Waals surface area contributed by atoms with Gasteiger partial charge in [-0.2, -0.15) is 5.26 Å². The molecule has 2 aromatic carbocycles. The number of nitriles is 1. The minimum Gasteiger partial charge on any atom is -0.376 e. The van der Waals surface area contributed by atoms with Crippen molar-refractivity contribution >= 4 is 28.9 Å². The molecule has 0 spiro atoms. The van der Waals surface area contributed by atoms with Gasteiger partial charge in [-0.15, -0.1) is 0 Å². The van der Waals surface area contributed by atoms with Crippen molar-refractivity contribution in [2.24, 2.45) is 0 Å². The van der Waals surface area contributed by atoms with Crippen molar-refractivity contribution < 1.29 is 4.79 Å². The van der Waals surface area contributed by atoms with Crippen molar-refractivity contribution in [2.75, 3.05) is 17.2 Å². The molecule has 114 valence electrons. The van der Waals surface area contributed by atoms with Gasteiger partial charge in [0.05, 0.1) is 18.2 Å². The molecular formula is C17H18ClN3O. The molecule has 2 rings (SSSR count). The number of nitrogens with zero attached hydrogens (tertiary/aromatic N) is 1. The number of carbonyl (C=O) groups excluding carboxylic acids is 1. The first-order chi connectivity index (χ1) is 10.7. The first-order valence-corrected chi connectivity index (χ1v) is 7.34. The van der Waals surface area contributed by atoms with Crippen LogP contribution in [0, 0.1) is 11.3 Å². The van der Waals surface area contributed by atoms with Crippen LogP contribution in [0.2, 0.25) is 5.02 Å². The van der Waals surface area contributed by atoms with Gasteiger partial charge in [0.25, 0.3) is 0 Å². The van der Waals surface area contributed by atoms with E-state index in [9.17, 15) is 4.79 Å². The fraction of sp³-hybridized carbons (Fsp3) is 0.176. The quantitative estimate of drug-likeness (QED) is 0.884. The molecule has 0 aliphatic rings. The molecule has 0 aliphatic heterocycles. The van der Waals surface area contributed by atoms with Crippen LogP contribution in [0.5, 0.6) is 0 Å². The predicted molar refractivity (Wildman–Crippen MR) is 91.1 cm³/mol. The Balaban J connectivity index is 0.00000116. The van der Waals surface area contributed by atoms with Crippen LogP contribution in [0.1, 0.15) is 19.4 Å². The van der Waals surface area contributed by atoms with Gasteiger partial charge in [0.15, 0.2) is 0 Å². The van der Waals surface area contributed by atoms with Gasteiger partial charge in [-0.1, -0.05) is 25.4 Å². The van der Waals surface area contributed by atoms with Crippen molar-refractivity contribution in [1.29, 1.82) is 5.26 Å². The lowest BCUT2D eigenvalue weighted by molar-refractivity contribution is -0.114.